The molecule has 0 aromatic heterocycles. The lowest BCUT2D eigenvalue weighted by Crippen LogP contribution is -1.91. The van der Waals surface area contributed by atoms with Gasteiger partial charge in [0.1, 0.15) is 0 Å². The molecule has 0 spiro atoms. The fourth-order valence-corrected chi connectivity index (χ4v) is 1.39. The Morgan fingerprint density at radius 2 is 2.25 bits per heavy atom. The van der Waals surface area contributed by atoms with Gasteiger partial charge in [-0.1, -0.05) is 30.9 Å². The summed E-state index contributed by atoms with van der Waals surface area (Å²) in [6.07, 6.45) is 2.80. The van der Waals surface area contributed by atoms with E-state index in [2.05, 4.69) is 31.7 Å². The molecule has 0 nitrogen and oxygen atoms in total. The number of hydrogen-bond acceptors (Lipinski definition) is 0. The van der Waals surface area contributed by atoms with E-state index < -0.39 is 0 Å². The Bertz CT molecular complexity index is 276. The first-order valence-electron chi connectivity index (χ1n) is 4.06. The van der Waals surface area contributed by atoms with Crippen LogP contribution in [0, 0.1) is 6.92 Å². The molecule has 0 heterocycles. The Morgan fingerprint density at radius 1 is 1.50 bits per heavy atom. The lowest BCUT2D eigenvalue weighted by atomic mass is 10.0. The van der Waals surface area contributed by atoms with Crippen molar-refractivity contribution in [2.75, 3.05) is 5.88 Å². The van der Waals surface area contributed by atoms with Crippen molar-refractivity contribution in [2.45, 2.75) is 13.3 Å². The van der Waals surface area contributed by atoms with Gasteiger partial charge >= 0.3 is 0 Å². The molecule has 0 saturated carbocycles. The molecule has 0 N–H and O–H groups in total. The van der Waals surface area contributed by atoms with Crippen molar-refractivity contribution < 1.29 is 0 Å². The summed E-state index contributed by atoms with van der Waals surface area (Å²) in [7, 11) is 0. The second-order valence-electron chi connectivity index (χ2n) is 2.83. The zero-order chi connectivity index (χ0) is 8.97. The lowest BCUT2D eigenvalue weighted by molar-refractivity contribution is 1.12. The van der Waals surface area contributed by atoms with Gasteiger partial charge in [0.15, 0.2) is 0 Å². The van der Waals surface area contributed by atoms with Crippen molar-refractivity contribution in [1.29, 1.82) is 0 Å². The van der Waals surface area contributed by atoms with Crippen molar-refractivity contribution in [1.82, 2.24) is 0 Å². The molecule has 1 heteroatoms. The summed E-state index contributed by atoms with van der Waals surface area (Å²) >= 11 is 5.68. The number of benzene rings is 1. The molecule has 0 aliphatic rings. The van der Waals surface area contributed by atoms with Crippen LogP contribution in [0.1, 0.15) is 16.7 Å². The van der Waals surface area contributed by atoms with Crippen molar-refractivity contribution in [3.63, 3.8) is 0 Å². The predicted molar refractivity (Wildman–Crippen MR) is 55.7 cm³/mol. The van der Waals surface area contributed by atoms with Crippen LogP contribution in [-0.2, 0) is 6.42 Å². The van der Waals surface area contributed by atoms with Crippen LogP contribution in [-0.4, -0.2) is 5.88 Å². The van der Waals surface area contributed by atoms with Crippen LogP contribution in [0.4, 0.5) is 0 Å². The summed E-state index contributed by atoms with van der Waals surface area (Å²) in [6, 6.07) is 6.32. The van der Waals surface area contributed by atoms with Crippen LogP contribution in [0.15, 0.2) is 24.8 Å². The lowest BCUT2D eigenvalue weighted by Gasteiger charge is -2.04. The third-order valence-electron chi connectivity index (χ3n) is 1.97. The van der Waals surface area contributed by atoms with Crippen LogP contribution >= 0.6 is 11.6 Å². The Hall–Kier alpha value is -0.750. The summed E-state index contributed by atoms with van der Waals surface area (Å²) in [5.74, 6) is 0.682. The van der Waals surface area contributed by atoms with Crippen LogP contribution < -0.4 is 0 Å². The highest BCUT2D eigenvalue weighted by atomic mass is 35.5. The molecule has 0 atom stereocenters. The minimum atomic E-state index is 0.682. The summed E-state index contributed by atoms with van der Waals surface area (Å²) < 4.78 is 0. The summed E-state index contributed by atoms with van der Waals surface area (Å²) in [6.45, 7) is 5.83. The maximum Gasteiger partial charge on any atom is 0.0264 e. The maximum atomic E-state index is 5.68. The average Bonchev–Trinajstić information content (AvgIpc) is 2.09. The molecular weight excluding hydrogens is 168 g/mol. The average molecular weight is 181 g/mol. The summed E-state index contributed by atoms with van der Waals surface area (Å²) in [5.41, 5.74) is 3.80. The standard InChI is InChI=1S/C11H13Cl/c1-3-10-5-4-9(2)11(8-10)6-7-12/h3-5,8H,1,6-7H2,2H3. The molecule has 0 aliphatic heterocycles. The first-order valence-corrected chi connectivity index (χ1v) is 4.59. The van der Waals surface area contributed by atoms with Gasteiger partial charge in [-0.25, -0.2) is 0 Å². The molecule has 1 aromatic carbocycles. The molecule has 12 heavy (non-hydrogen) atoms. The van der Waals surface area contributed by atoms with Crippen molar-refractivity contribution >= 4 is 17.7 Å². The second-order valence-corrected chi connectivity index (χ2v) is 3.21. The van der Waals surface area contributed by atoms with Gasteiger partial charge in [-0.3, -0.25) is 0 Å². The Morgan fingerprint density at radius 3 is 2.83 bits per heavy atom. The largest absolute Gasteiger partial charge is 0.126 e. The van der Waals surface area contributed by atoms with E-state index in [0.717, 1.165) is 6.42 Å². The highest BCUT2D eigenvalue weighted by Gasteiger charge is 1.97. The predicted octanol–water partition coefficient (Wildman–Crippen LogP) is 3.42. The fourth-order valence-electron chi connectivity index (χ4n) is 1.19. The smallest absolute Gasteiger partial charge is 0.0264 e. The minimum absolute atomic E-state index is 0.682. The van der Waals surface area contributed by atoms with Crippen molar-refractivity contribution in [2.24, 2.45) is 0 Å². The van der Waals surface area contributed by atoms with Gasteiger partial charge < -0.3 is 0 Å². The zero-order valence-corrected chi connectivity index (χ0v) is 8.06. The Labute approximate surface area is 78.9 Å². The number of aryl methyl sites for hydroxylation is 2. The highest BCUT2D eigenvalue weighted by molar-refractivity contribution is 6.18. The third-order valence-corrected chi connectivity index (χ3v) is 2.16. The molecule has 0 bridgehead atoms. The van der Waals surface area contributed by atoms with Crippen molar-refractivity contribution in [3.05, 3.63) is 41.5 Å². The van der Waals surface area contributed by atoms with E-state index in [9.17, 15) is 0 Å². The summed E-state index contributed by atoms with van der Waals surface area (Å²) in [5, 5.41) is 0. The van der Waals surface area contributed by atoms with Gasteiger partial charge in [0.25, 0.3) is 0 Å². The fraction of sp³-hybridized carbons (Fsp3) is 0.273. The van der Waals surface area contributed by atoms with E-state index in [1.807, 2.05) is 6.08 Å². The normalized spacial score (nSPS) is 9.83. The maximum absolute atomic E-state index is 5.68. The summed E-state index contributed by atoms with van der Waals surface area (Å²) in [4.78, 5) is 0. The van der Waals surface area contributed by atoms with E-state index in [4.69, 9.17) is 11.6 Å². The van der Waals surface area contributed by atoms with Crippen LogP contribution in [0.25, 0.3) is 6.08 Å². The number of hydrogen-bond donors (Lipinski definition) is 0. The number of rotatable bonds is 3. The van der Waals surface area contributed by atoms with Gasteiger partial charge in [0.05, 0.1) is 0 Å². The van der Waals surface area contributed by atoms with E-state index in [1.165, 1.54) is 16.7 Å². The van der Waals surface area contributed by atoms with E-state index in [0.29, 0.717) is 5.88 Å². The minimum Gasteiger partial charge on any atom is -0.126 e. The van der Waals surface area contributed by atoms with E-state index >= 15 is 0 Å². The van der Waals surface area contributed by atoms with E-state index in [1.54, 1.807) is 0 Å². The zero-order valence-electron chi connectivity index (χ0n) is 7.31. The SMILES string of the molecule is C=Cc1ccc(C)c(CCCl)c1. The molecule has 0 radical (unpaired) electrons. The molecule has 1 rings (SSSR count). The first kappa shape index (κ1) is 9.34. The van der Waals surface area contributed by atoms with Crippen molar-refractivity contribution in [3.8, 4) is 0 Å². The Balaban J connectivity index is 2.99. The van der Waals surface area contributed by atoms with Gasteiger partial charge in [-0.15, -0.1) is 11.6 Å². The third kappa shape index (κ3) is 2.12. The molecule has 64 valence electrons. The second kappa shape index (κ2) is 4.32. The molecule has 1 aromatic rings. The Kier molecular flexibility index (Phi) is 3.36. The van der Waals surface area contributed by atoms with Crippen LogP contribution in [0.2, 0.25) is 0 Å². The van der Waals surface area contributed by atoms with Crippen LogP contribution in [0.3, 0.4) is 0 Å². The molecule has 0 unspecified atom stereocenters. The van der Waals surface area contributed by atoms with Crippen LogP contribution in [0.5, 0.6) is 0 Å². The topological polar surface area (TPSA) is 0 Å². The number of alkyl halides is 1. The van der Waals surface area contributed by atoms with E-state index in [-0.39, 0.29) is 0 Å². The molecule has 0 saturated heterocycles. The molecule has 0 fully saturated rings. The quantitative estimate of drug-likeness (QED) is 0.626. The first-order chi connectivity index (χ1) is 5.77. The molecule has 0 amide bonds. The molecule has 0 aliphatic carbocycles. The van der Waals surface area contributed by atoms with Gasteiger partial charge in [0, 0.05) is 5.88 Å². The van der Waals surface area contributed by atoms with Gasteiger partial charge in [-0.05, 0) is 30.0 Å². The number of halogens is 1. The monoisotopic (exact) mass is 180 g/mol. The van der Waals surface area contributed by atoms with Gasteiger partial charge in [0.2, 0.25) is 0 Å². The highest BCUT2D eigenvalue weighted by Crippen LogP contribution is 2.13. The molecular formula is C11H13Cl. The van der Waals surface area contributed by atoms with Gasteiger partial charge in [-0.2, -0.15) is 0 Å².